The minimum absolute atomic E-state index is 0.171. The van der Waals surface area contributed by atoms with Crippen molar-refractivity contribution in [3.63, 3.8) is 0 Å². The molecule has 0 bridgehead atoms. The Balaban J connectivity index is 2.14. The smallest absolute Gasteiger partial charge is 0.343 e. The van der Waals surface area contributed by atoms with Gasteiger partial charge in [-0.15, -0.1) is 0 Å². The van der Waals surface area contributed by atoms with Crippen LogP contribution in [0.25, 0.3) is 0 Å². The van der Waals surface area contributed by atoms with Crippen LogP contribution < -0.4 is 26.5 Å². The van der Waals surface area contributed by atoms with E-state index >= 15 is 4.57 Å². The zero-order valence-corrected chi connectivity index (χ0v) is 23.5. The molecule has 5 rings (SSSR count). The molecule has 0 radical (unpaired) electrons. The van der Waals surface area contributed by atoms with E-state index in [4.69, 9.17) is 4.74 Å². The second kappa shape index (κ2) is 11.9. The van der Waals surface area contributed by atoms with Gasteiger partial charge in [0.25, 0.3) is 0 Å². The number of ether oxygens (including phenoxy) is 1. The quantitative estimate of drug-likeness (QED) is 0.185. The van der Waals surface area contributed by atoms with Gasteiger partial charge in [0.05, 0.1) is 6.61 Å². The van der Waals surface area contributed by atoms with E-state index in [0.29, 0.717) is 15.6 Å². The summed E-state index contributed by atoms with van der Waals surface area (Å²) in [4.78, 5) is 14.5. The van der Waals surface area contributed by atoms with Gasteiger partial charge in [-0.3, -0.25) is 0 Å². The zero-order valence-electron chi connectivity index (χ0n) is 21.8. The van der Waals surface area contributed by atoms with E-state index in [9.17, 15) is 4.79 Å². The van der Waals surface area contributed by atoms with Crippen molar-refractivity contribution in [2.24, 2.45) is 0 Å². The number of esters is 1. The first-order valence-electron chi connectivity index (χ1n) is 13.0. The normalized spacial score (nSPS) is 11.5. The fourth-order valence-corrected chi connectivity index (χ4v) is 14.7. The van der Waals surface area contributed by atoms with Crippen LogP contribution in [-0.4, -0.2) is 17.6 Å². The molecule has 5 heteroatoms. The van der Waals surface area contributed by atoms with Gasteiger partial charge >= 0.3 is 5.97 Å². The van der Waals surface area contributed by atoms with Crippen LogP contribution in [0.5, 0.6) is 0 Å². The van der Waals surface area contributed by atoms with E-state index in [0.717, 1.165) is 15.9 Å². The summed E-state index contributed by atoms with van der Waals surface area (Å²) in [5.41, 5.74) is 0. The molecule has 3 nitrogen and oxygen atoms in total. The third-order valence-electron chi connectivity index (χ3n) is 6.74. The monoisotopic (exact) mass is 548 g/mol. The maximum Gasteiger partial charge on any atom is 0.343 e. The molecule has 0 unspecified atom stereocenters. The lowest BCUT2D eigenvalue weighted by Crippen LogP contribution is -2.38. The number of benzene rings is 5. The Morgan fingerprint density at radius 2 is 0.795 bits per heavy atom. The predicted octanol–water partition coefficient (Wildman–Crippen LogP) is 5.69. The first-order valence-corrected chi connectivity index (χ1v) is 16.5. The summed E-state index contributed by atoms with van der Waals surface area (Å²) in [6.07, 6.45) is 0. The number of carbonyl (C=O) groups excluding carboxylic acids is 1. The fourth-order valence-electron chi connectivity index (χ4n) is 5.11. The molecule has 0 amide bonds. The second-order valence-electron chi connectivity index (χ2n) is 9.00. The highest BCUT2D eigenvalue weighted by molar-refractivity contribution is 8.14. The topological polar surface area (TPSA) is 43.4 Å². The van der Waals surface area contributed by atoms with Gasteiger partial charge in [0.15, 0.2) is 7.14 Å². The average molecular weight is 549 g/mol. The van der Waals surface area contributed by atoms with Crippen molar-refractivity contribution in [3.05, 3.63) is 152 Å². The zero-order chi connectivity index (χ0) is 27.1. The first-order chi connectivity index (χ1) is 19.1. The number of hydrogen-bond donors (Lipinski definition) is 0. The summed E-state index contributed by atoms with van der Waals surface area (Å²) in [7, 11) is -3.75. The molecule has 0 aromatic heterocycles. The van der Waals surface area contributed by atoms with Gasteiger partial charge in [0, 0.05) is 10.6 Å². The molecule has 5 aromatic carbocycles. The van der Waals surface area contributed by atoms with Crippen LogP contribution in [0, 0.1) is 0 Å². The molecule has 0 aliphatic heterocycles. The highest BCUT2D eigenvalue weighted by Gasteiger charge is 2.45. The van der Waals surface area contributed by atoms with Crippen LogP contribution in [0.1, 0.15) is 6.92 Å². The molecule has 5 aromatic rings. The SMILES string of the molecule is CCOC(=O)C(P(=O)(c1ccccc1)c1ccccc1)=P(c1ccccc1)(c1ccccc1)c1ccccc1. The molecule has 194 valence electrons. The Morgan fingerprint density at radius 3 is 1.08 bits per heavy atom. The van der Waals surface area contributed by atoms with Crippen LogP contribution in [0.15, 0.2) is 152 Å². The maximum absolute atomic E-state index is 16.1. The summed E-state index contributed by atoms with van der Waals surface area (Å²) in [6.45, 7) is -1.06. The van der Waals surface area contributed by atoms with Gasteiger partial charge in [0.2, 0.25) is 0 Å². The average Bonchev–Trinajstić information content (AvgIpc) is 3.02. The van der Waals surface area contributed by atoms with Gasteiger partial charge in [0.1, 0.15) is 5.03 Å². The second-order valence-corrected chi connectivity index (χ2v) is 15.4. The minimum Gasteiger partial charge on any atom is -0.462 e. The van der Waals surface area contributed by atoms with Crippen LogP contribution in [0.4, 0.5) is 0 Å². The molecule has 0 fully saturated rings. The summed E-state index contributed by atoms with van der Waals surface area (Å²) >= 11 is 0. The van der Waals surface area contributed by atoms with E-state index in [2.05, 4.69) is 0 Å². The highest BCUT2D eigenvalue weighted by atomic mass is 31.2. The van der Waals surface area contributed by atoms with Crippen molar-refractivity contribution < 1.29 is 14.1 Å². The predicted molar refractivity (Wildman–Crippen MR) is 167 cm³/mol. The number of rotatable bonds is 8. The van der Waals surface area contributed by atoms with E-state index in [1.165, 1.54) is 0 Å². The minimum atomic E-state index is -3.75. The van der Waals surface area contributed by atoms with Crippen molar-refractivity contribution in [2.45, 2.75) is 6.92 Å². The van der Waals surface area contributed by atoms with Crippen LogP contribution in [0.2, 0.25) is 0 Å². The Kier molecular flexibility index (Phi) is 8.13. The fraction of sp³-hybridized carbons (Fsp3) is 0.0588. The van der Waals surface area contributed by atoms with Gasteiger partial charge in [-0.05, 0) is 29.7 Å². The standard InChI is InChI=1S/C34H30O3P2/c1-2-37-33(35)34(39(36,31-24-14-6-15-25-31)32-26-16-7-17-27-32)38(28-18-8-3-9-19-28,29-20-10-4-11-21-29)30-22-12-5-13-23-30/h3-27H,2H2,1H3. The van der Waals surface area contributed by atoms with Gasteiger partial charge in [-0.25, -0.2) is 4.79 Å². The maximum atomic E-state index is 16.1. The molecule has 0 aliphatic carbocycles. The molecule has 0 saturated carbocycles. The van der Waals surface area contributed by atoms with E-state index in [1.807, 2.05) is 152 Å². The van der Waals surface area contributed by atoms with Crippen LogP contribution >= 0.6 is 14.0 Å². The van der Waals surface area contributed by atoms with Crippen LogP contribution in [-0.2, 0) is 14.1 Å². The lowest BCUT2D eigenvalue weighted by Gasteiger charge is -2.35. The van der Waals surface area contributed by atoms with E-state index in [-0.39, 0.29) is 6.61 Å². The van der Waals surface area contributed by atoms with Crippen molar-refractivity contribution in [1.82, 2.24) is 0 Å². The Bertz CT molecular complexity index is 1490. The molecule has 39 heavy (non-hydrogen) atoms. The lowest BCUT2D eigenvalue weighted by atomic mass is 10.4. The third kappa shape index (κ3) is 4.85. The van der Waals surface area contributed by atoms with Gasteiger partial charge < -0.3 is 9.30 Å². The summed E-state index contributed by atoms with van der Waals surface area (Å²) in [6, 6.07) is 48.8. The Labute approximate surface area is 230 Å². The molecule has 0 atom stereocenters. The van der Waals surface area contributed by atoms with Crippen molar-refractivity contribution >= 4 is 51.6 Å². The summed E-state index contributed by atoms with van der Waals surface area (Å²) < 4.78 is 21.9. The van der Waals surface area contributed by atoms with Crippen molar-refractivity contribution in [1.29, 1.82) is 0 Å². The molecule has 0 aliphatic rings. The Hall–Kier alpha value is -3.90. The molecule has 0 saturated heterocycles. The van der Waals surface area contributed by atoms with E-state index < -0.39 is 20.0 Å². The third-order valence-corrected chi connectivity index (χ3v) is 15.4. The van der Waals surface area contributed by atoms with E-state index in [1.54, 1.807) is 6.92 Å². The molecule has 0 spiro atoms. The van der Waals surface area contributed by atoms with Gasteiger partial charge in [-0.1, -0.05) is 152 Å². The first kappa shape index (κ1) is 26.7. The van der Waals surface area contributed by atoms with Crippen molar-refractivity contribution in [2.75, 3.05) is 6.61 Å². The van der Waals surface area contributed by atoms with Crippen molar-refractivity contribution in [3.8, 4) is 0 Å². The van der Waals surface area contributed by atoms with Crippen LogP contribution in [0.3, 0.4) is 0 Å². The number of hydrogen-bond acceptors (Lipinski definition) is 3. The largest absolute Gasteiger partial charge is 0.462 e. The lowest BCUT2D eigenvalue weighted by molar-refractivity contribution is -0.134. The highest BCUT2D eigenvalue weighted by Crippen LogP contribution is 2.59. The number of carbonyl (C=O) groups is 1. The molecular formula is C34H30O3P2. The summed E-state index contributed by atoms with van der Waals surface area (Å²) in [5, 5.41) is 4.35. The molecule has 0 heterocycles. The summed E-state index contributed by atoms with van der Waals surface area (Å²) in [5.74, 6) is -0.529. The molecular weight excluding hydrogens is 518 g/mol. The Morgan fingerprint density at radius 1 is 0.513 bits per heavy atom. The van der Waals surface area contributed by atoms with Gasteiger partial charge in [-0.2, -0.15) is 0 Å². The molecule has 0 N–H and O–H groups in total.